The summed E-state index contributed by atoms with van der Waals surface area (Å²) < 4.78 is 1.12. The number of hydrogen-bond acceptors (Lipinski definition) is 1. The fraction of sp³-hybridized carbons (Fsp3) is 0.455. The van der Waals surface area contributed by atoms with Crippen LogP contribution in [0.5, 0.6) is 0 Å². The van der Waals surface area contributed by atoms with Gasteiger partial charge in [-0.1, -0.05) is 53.9 Å². The Morgan fingerprint density at radius 1 is 1.36 bits per heavy atom. The lowest BCUT2D eigenvalue weighted by molar-refractivity contribution is 0.601. The summed E-state index contributed by atoms with van der Waals surface area (Å²) in [7, 11) is 0. The van der Waals surface area contributed by atoms with Crippen LogP contribution in [0.15, 0.2) is 28.7 Å². The number of nitrogens with two attached hydrogens (primary N) is 1. The Morgan fingerprint density at radius 2 is 2.00 bits per heavy atom. The Morgan fingerprint density at radius 3 is 2.57 bits per heavy atom. The van der Waals surface area contributed by atoms with E-state index in [2.05, 4.69) is 28.9 Å². The lowest BCUT2D eigenvalue weighted by atomic mass is 10.0. The third-order valence-corrected chi connectivity index (χ3v) is 2.90. The van der Waals surface area contributed by atoms with Crippen LogP contribution in [0.3, 0.4) is 0 Å². The van der Waals surface area contributed by atoms with Crippen LogP contribution in [0.1, 0.15) is 37.8 Å². The lowest BCUT2D eigenvalue weighted by Gasteiger charge is -2.12. The summed E-state index contributed by atoms with van der Waals surface area (Å²) in [4.78, 5) is 0. The molecule has 2 N–H and O–H groups in total. The molecule has 0 heterocycles. The maximum atomic E-state index is 6.05. The molecule has 0 bridgehead atoms. The summed E-state index contributed by atoms with van der Waals surface area (Å²) in [6, 6.07) is 8.35. The van der Waals surface area contributed by atoms with Gasteiger partial charge < -0.3 is 5.73 Å². The second kappa shape index (κ2) is 7.27. The van der Waals surface area contributed by atoms with Gasteiger partial charge in [-0.05, 0) is 18.1 Å². The zero-order chi connectivity index (χ0) is 9.68. The molecular formula is C11H17BrClN. The zero-order valence-electron chi connectivity index (χ0n) is 8.37. The van der Waals surface area contributed by atoms with E-state index in [0.717, 1.165) is 10.9 Å². The first-order valence-corrected chi connectivity index (χ1v) is 5.55. The highest BCUT2D eigenvalue weighted by Crippen LogP contribution is 2.24. The molecule has 1 rings (SSSR count). The minimum absolute atomic E-state index is 0. The third kappa shape index (κ3) is 3.99. The second-order valence-corrected chi connectivity index (χ2v) is 4.12. The minimum Gasteiger partial charge on any atom is -0.324 e. The van der Waals surface area contributed by atoms with Gasteiger partial charge in [0.2, 0.25) is 0 Å². The van der Waals surface area contributed by atoms with Crippen LogP contribution >= 0.6 is 28.3 Å². The molecule has 1 aromatic carbocycles. The van der Waals surface area contributed by atoms with E-state index in [1.165, 1.54) is 18.4 Å². The van der Waals surface area contributed by atoms with Crippen molar-refractivity contribution < 1.29 is 0 Å². The van der Waals surface area contributed by atoms with E-state index in [1.807, 2.05) is 18.2 Å². The summed E-state index contributed by atoms with van der Waals surface area (Å²) in [6.45, 7) is 2.19. The molecule has 0 aliphatic carbocycles. The summed E-state index contributed by atoms with van der Waals surface area (Å²) in [5.74, 6) is 0. The molecule has 3 heteroatoms. The molecule has 1 nitrogen and oxygen atoms in total. The van der Waals surface area contributed by atoms with Gasteiger partial charge in [-0.25, -0.2) is 0 Å². The predicted molar refractivity (Wildman–Crippen MR) is 67.8 cm³/mol. The summed E-state index contributed by atoms with van der Waals surface area (Å²) in [5.41, 5.74) is 7.27. The summed E-state index contributed by atoms with van der Waals surface area (Å²) in [6.07, 6.45) is 3.47. The molecule has 0 radical (unpaired) electrons. The van der Waals surface area contributed by atoms with E-state index in [1.54, 1.807) is 0 Å². The molecule has 1 atom stereocenters. The van der Waals surface area contributed by atoms with Gasteiger partial charge in [0, 0.05) is 10.5 Å². The largest absolute Gasteiger partial charge is 0.324 e. The van der Waals surface area contributed by atoms with Gasteiger partial charge >= 0.3 is 0 Å². The van der Waals surface area contributed by atoms with Crippen LogP contribution in [-0.4, -0.2) is 0 Å². The Labute approximate surface area is 101 Å². The molecule has 0 aromatic heterocycles. The molecule has 0 saturated carbocycles. The standard InChI is InChI=1S/C11H16BrN.ClH/c1-2-3-8-11(13)9-6-4-5-7-10(9)12;/h4-7,11H,2-3,8,13H2,1H3;1H/t11-;/m1./s1. The van der Waals surface area contributed by atoms with Crippen LogP contribution in [0.2, 0.25) is 0 Å². The molecular weight excluding hydrogens is 261 g/mol. The third-order valence-electron chi connectivity index (χ3n) is 2.17. The van der Waals surface area contributed by atoms with Crippen molar-refractivity contribution in [2.75, 3.05) is 0 Å². The fourth-order valence-electron chi connectivity index (χ4n) is 1.36. The molecule has 14 heavy (non-hydrogen) atoms. The van der Waals surface area contributed by atoms with Crippen LogP contribution in [0.4, 0.5) is 0 Å². The van der Waals surface area contributed by atoms with Crippen LogP contribution in [0, 0.1) is 0 Å². The van der Waals surface area contributed by atoms with Gasteiger partial charge in [-0.15, -0.1) is 12.4 Å². The number of unbranched alkanes of at least 4 members (excludes halogenated alkanes) is 1. The van der Waals surface area contributed by atoms with E-state index in [4.69, 9.17) is 5.73 Å². The Bertz CT molecular complexity index is 265. The lowest BCUT2D eigenvalue weighted by Crippen LogP contribution is -2.10. The maximum absolute atomic E-state index is 6.05. The van der Waals surface area contributed by atoms with Gasteiger partial charge in [0.25, 0.3) is 0 Å². The number of rotatable bonds is 4. The van der Waals surface area contributed by atoms with Crippen LogP contribution < -0.4 is 5.73 Å². The van der Waals surface area contributed by atoms with Gasteiger partial charge in [0.05, 0.1) is 0 Å². The van der Waals surface area contributed by atoms with E-state index >= 15 is 0 Å². The molecule has 0 unspecified atom stereocenters. The highest BCUT2D eigenvalue weighted by molar-refractivity contribution is 9.10. The normalized spacial score (nSPS) is 11.9. The minimum atomic E-state index is 0. The van der Waals surface area contributed by atoms with Crippen molar-refractivity contribution in [3.63, 3.8) is 0 Å². The van der Waals surface area contributed by atoms with Crippen molar-refractivity contribution in [1.82, 2.24) is 0 Å². The van der Waals surface area contributed by atoms with Crippen molar-refractivity contribution >= 4 is 28.3 Å². The van der Waals surface area contributed by atoms with Crippen LogP contribution in [-0.2, 0) is 0 Å². The first-order valence-electron chi connectivity index (χ1n) is 4.75. The molecule has 0 saturated heterocycles. The van der Waals surface area contributed by atoms with Crippen molar-refractivity contribution in [2.24, 2.45) is 5.73 Å². The summed E-state index contributed by atoms with van der Waals surface area (Å²) in [5, 5.41) is 0. The smallest absolute Gasteiger partial charge is 0.0306 e. The number of halogens is 2. The first-order chi connectivity index (χ1) is 6.25. The quantitative estimate of drug-likeness (QED) is 0.883. The molecule has 0 spiro atoms. The fourth-order valence-corrected chi connectivity index (χ4v) is 1.93. The molecule has 0 amide bonds. The average molecular weight is 279 g/mol. The summed E-state index contributed by atoms with van der Waals surface area (Å²) >= 11 is 3.51. The first kappa shape index (κ1) is 13.9. The second-order valence-electron chi connectivity index (χ2n) is 3.27. The molecule has 0 aliphatic rings. The molecule has 1 aromatic rings. The van der Waals surface area contributed by atoms with Crippen molar-refractivity contribution in [3.8, 4) is 0 Å². The van der Waals surface area contributed by atoms with Crippen molar-refractivity contribution in [3.05, 3.63) is 34.3 Å². The highest BCUT2D eigenvalue weighted by Gasteiger charge is 2.07. The topological polar surface area (TPSA) is 26.0 Å². The SMILES string of the molecule is CCCC[C@@H](N)c1ccccc1Br.Cl. The van der Waals surface area contributed by atoms with Gasteiger partial charge in [0.1, 0.15) is 0 Å². The monoisotopic (exact) mass is 277 g/mol. The van der Waals surface area contributed by atoms with E-state index in [-0.39, 0.29) is 18.4 Å². The molecule has 80 valence electrons. The Kier molecular flexibility index (Phi) is 7.24. The van der Waals surface area contributed by atoms with Gasteiger partial charge in [-0.2, -0.15) is 0 Å². The van der Waals surface area contributed by atoms with Crippen LogP contribution in [0.25, 0.3) is 0 Å². The van der Waals surface area contributed by atoms with Gasteiger partial charge in [-0.3, -0.25) is 0 Å². The number of benzene rings is 1. The highest BCUT2D eigenvalue weighted by atomic mass is 79.9. The van der Waals surface area contributed by atoms with Gasteiger partial charge in [0.15, 0.2) is 0 Å². The zero-order valence-corrected chi connectivity index (χ0v) is 10.8. The van der Waals surface area contributed by atoms with E-state index in [0.29, 0.717) is 0 Å². The van der Waals surface area contributed by atoms with Crippen molar-refractivity contribution in [1.29, 1.82) is 0 Å². The Hall–Kier alpha value is -0.0500. The molecule has 0 fully saturated rings. The Balaban J connectivity index is 0.00000169. The van der Waals surface area contributed by atoms with E-state index < -0.39 is 0 Å². The molecule has 0 aliphatic heterocycles. The van der Waals surface area contributed by atoms with E-state index in [9.17, 15) is 0 Å². The predicted octanol–water partition coefficient (Wildman–Crippen LogP) is 4.06. The van der Waals surface area contributed by atoms with Crippen molar-refractivity contribution in [2.45, 2.75) is 32.2 Å². The number of hydrogen-bond donors (Lipinski definition) is 1. The average Bonchev–Trinajstić information content (AvgIpc) is 2.15. The maximum Gasteiger partial charge on any atom is 0.0306 e.